The van der Waals surface area contributed by atoms with Gasteiger partial charge in [0.05, 0.1) is 25.6 Å². The van der Waals surface area contributed by atoms with Gasteiger partial charge in [-0.2, -0.15) is 5.10 Å². The summed E-state index contributed by atoms with van der Waals surface area (Å²) in [6.45, 7) is 0. The van der Waals surface area contributed by atoms with E-state index in [-0.39, 0.29) is 0 Å². The number of nitrogens with zero attached hydrogens (tertiary/aromatic N) is 1. The van der Waals surface area contributed by atoms with E-state index in [9.17, 15) is 5.11 Å². The summed E-state index contributed by atoms with van der Waals surface area (Å²) in [5.41, 5.74) is 5.17. The number of hydrogen-bond donors (Lipinski definition) is 2. The number of H-pyrrole nitrogens is 1. The average molecular weight is 308 g/mol. The molecule has 1 aliphatic rings. The molecule has 2 N–H and O–H groups in total. The van der Waals surface area contributed by atoms with Gasteiger partial charge < -0.3 is 14.6 Å². The van der Waals surface area contributed by atoms with Crippen molar-refractivity contribution in [2.45, 2.75) is 6.10 Å². The summed E-state index contributed by atoms with van der Waals surface area (Å²) < 4.78 is 10.6. The fraction of sp³-hybridized carbons (Fsp3) is 0.167. The fourth-order valence-corrected chi connectivity index (χ4v) is 3.14. The molecule has 23 heavy (non-hydrogen) atoms. The molecule has 0 amide bonds. The highest BCUT2D eigenvalue weighted by molar-refractivity contribution is 5.82. The van der Waals surface area contributed by atoms with Gasteiger partial charge in [0, 0.05) is 16.7 Å². The lowest BCUT2D eigenvalue weighted by Gasteiger charge is -2.10. The van der Waals surface area contributed by atoms with E-state index < -0.39 is 6.10 Å². The first kappa shape index (κ1) is 13.8. The maximum absolute atomic E-state index is 10.7. The Labute approximate surface area is 133 Å². The van der Waals surface area contributed by atoms with Crippen molar-refractivity contribution in [2.75, 3.05) is 14.2 Å². The highest BCUT2D eigenvalue weighted by atomic mass is 16.5. The van der Waals surface area contributed by atoms with Gasteiger partial charge in [0.15, 0.2) is 11.5 Å². The lowest BCUT2D eigenvalue weighted by Crippen LogP contribution is -1.97. The minimum Gasteiger partial charge on any atom is -0.493 e. The van der Waals surface area contributed by atoms with Crippen LogP contribution in [0.2, 0.25) is 0 Å². The van der Waals surface area contributed by atoms with E-state index in [4.69, 9.17) is 9.47 Å². The van der Waals surface area contributed by atoms with Gasteiger partial charge in [-0.05, 0) is 23.8 Å². The second kappa shape index (κ2) is 5.14. The van der Waals surface area contributed by atoms with Crippen LogP contribution in [0, 0.1) is 0 Å². The summed E-state index contributed by atoms with van der Waals surface area (Å²) in [5.74, 6) is 1.29. The third-order valence-corrected chi connectivity index (χ3v) is 4.26. The van der Waals surface area contributed by atoms with Gasteiger partial charge in [-0.1, -0.05) is 24.3 Å². The summed E-state index contributed by atoms with van der Waals surface area (Å²) in [4.78, 5) is 0. The number of ether oxygens (including phenoxy) is 2. The highest BCUT2D eigenvalue weighted by Gasteiger charge is 2.32. The van der Waals surface area contributed by atoms with Crippen LogP contribution in [0.1, 0.15) is 17.2 Å². The Bertz CT molecular complexity index is 886. The summed E-state index contributed by atoms with van der Waals surface area (Å²) in [6, 6.07) is 13.4. The Kier molecular flexibility index (Phi) is 3.09. The first-order valence-electron chi connectivity index (χ1n) is 7.32. The van der Waals surface area contributed by atoms with Crippen molar-refractivity contribution in [3.63, 3.8) is 0 Å². The highest BCUT2D eigenvalue weighted by Crippen LogP contribution is 2.46. The number of aromatic nitrogens is 2. The molecule has 1 heterocycles. The molecule has 0 fully saturated rings. The van der Waals surface area contributed by atoms with Gasteiger partial charge >= 0.3 is 0 Å². The number of aliphatic hydroxyl groups excluding tert-OH is 1. The van der Waals surface area contributed by atoms with Gasteiger partial charge in [0.2, 0.25) is 0 Å². The van der Waals surface area contributed by atoms with Crippen LogP contribution in [0.5, 0.6) is 11.5 Å². The van der Waals surface area contributed by atoms with E-state index in [1.165, 1.54) is 0 Å². The van der Waals surface area contributed by atoms with E-state index in [1.807, 2.05) is 42.5 Å². The van der Waals surface area contributed by atoms with Crippen molar-refractivity contribution in [1.29, 1.82) is 0 Å². The summed E-state index contributed by atoms with van der Waals surface area (Å²) >= 11 is 0. The van der Waals surface area contributed by atoms with Gasteiger partial charge in [-0.25, -0.2) is 0 Å². The Balaban J connectivity index is 1.86. The molecule has 0 aliphatic heterocycles. The number of aromatic amines is 1. The second-order valence-corrected chi connectivity index (χ2v) is 5.42. The Morgan fingerprint density at radius 1 is 1.04 bits per heavy atom. The molecule has 5 heteroatoms. The normalized spacial score (nSPS) is 15.2. The Morgan fingerprint density at radius 3 is 2.61 bits per heavy atom. The van der Waals surface area contributed by atoms with Crippen molar-refractivity contribution in [2.24, 2.45) is 0 Å². The van der Waals surface area contributed by atoms with Crippen LogP contribution in [-0.4, -0.2) is 29.5 Å². The largest absolute Gasteiger partial charge is 0.493 e. The minimum absolute atomic E-state index is 0.631. The Morgan fingerprint density at radius 2 is 1.83 bits per heavy atom. The molecule has 0 saturated heterocycles. The topological polar surface area (TPSA) is 67.4 Å². The van der Waals surface area contributed by atoms with Crippen LogP contribution in [0.4, 0.5) is 0 Å². The molecule has 0 spiro atoms. The number of nitrogens with one attached hydrogen (secondary N) is 1. The van der Waals surface area contributed by atoms with Crippen molar-refractivity contribution in [3.05, 3.63) is 53.6 Å². The minimum atomic E-state index is -0.678. The smallest absolute Gasteiger partial charge is 0.161 e. The molecule has 1 aliphatic carbocycles. The Hall–Kier alpha value is -2.79. The molecule has 2 aromatic carbocycles. The maximum Gasteiger partial charge on any atom is 0.161 e. The summed E-state index contributed by atoms with van der Waals surface area (Å²) in [6.07, 6.45) is -0.678. The molecule has 1 atom stereocenters. The predicted molar refractivity (Wildman–Crippen MR) is 86.6 cm³/mol. The number of hydrogen-bond acceptors (Lipinski definition) is 4. The zero-order valence-electron chi connectivity index (χ0n) is 12.8. The number of methoxy groups -OCH3 is 2. The molecule has 4 rings (SSSR count). The second-order valence-electron chi connectivity index (χ2n) is 5.42. The molecule has 0 saturated carbocycles. The zero-order chi connectivity index (χ0) is 16.0. The van der Waals surface area contributed by atoms with E-state index in [0.29, 0.717) is 11.5 Å². The van der Waals surface area contributed by atoms with Crippen molar-refractivity contribution < 1.29 is 14.6 Å². The van der Waals surface area contributed by atoms with Crippen LogP contribution in [0.15, 0.2) is 42.5 Å². The SMILES string of the molecule is COc1ccc(-c2n[nH]c3c2C(O)c2ccccc2-3)cc1OC. The number of benzene rings is 2. The quantitative estimate of drug-likeness (QED) is 0.780. The van der Waals surface area contributed by atoms with E-state index in [1.54, 1.807) is 14.2 Å². The third-order valence-electron chi connectivity index (χ3n) is 4.26. The molecule has 1 unspecified atom stereocenters. The molecule has 5 nitrogen and oxygen atoms in total. The van der Waals surface area contributed by atoms with Crippen LogP contribution in [0.25, 0.3) is 22.5 Å². The zero-order valence-corrected chi connectivity index (χ0v) is 12.8. The van der Waals surface area contributed by atoms with Gasteiger partial charge in [-0.15, -0.1) is 0 Å². The summed E-state index contributed by atoms with van der Waals surface area (Å²) in [5, 5.41) is 18.1. The maximum atomic E-state index is 10.7. The van der Waals surface area contributed by atoms with Gasteiger partial charge in [0.25, 0.3) is 0 Å². The van der Waals surface area contributed by atoms with Crippen LogP contribution in [0.3, 0.4) is 0 Å². The summed E-state index contributed by atoms with van der Waals surface area (Å²) in [7, 11) is 3.20. The van der Waals surface area contributed by atoms with Crippen LogP contribution in [-0.2, 0) is 0 Å². The molecular formula is C18H16N2O3. The monoisotopic (exact) mass is 308 g/mol. The van der Waals surface area contributed by atoms with Crippen molar-refractivity contribution >= 4 is 0 Å². The van der Waals surface area contributed by atoms with Gasteiger partial charge in [0.1, 0.15) is 6.10 Å². The van der Waals surface area contributed by atoms with E-state index >= 15 is 0 Å². The van der Waals surface area contributed by atoms with Crippen LogP contribution < -0.4 is 9.47 Å². The molecule has 116 valence electrons. The number of rotatable bonds is 3. The third kappa shape index (κ3) is 1.94. The first-order valence-corrected chi connectivity index (χ1v) is 7.32. The van der Waals surface area contributed by atoms with Crippen LogP contribution >= 0.6 is 0 Å². The van der Waals surface area contributed by atoms with Crippen molar-refractivity contribution in [1.82, 2.24) is 10.2 Å². The lowest BCUT2D eigenvalue weighted by atomic mass is 10.0. The lowest BCUT2D eigenvalue weighted by molar-refractivity contribution is 0.226. The molecular weight excluding hydrogens is 292 g/mol. The number of aliphatic hydroxyl groups is 1. The van der Waals surface area contributed by atoms with E-state index in [2.05, 4.69) is 10.2 Å². The fourth-order valence-electron chi connectivity index (χ4n) is 3.14. The van der Waals surface area contributed by atoms with Gasteiger partial charge in [-0.3, -0.25) is 5.10 Å². The molecule has 3 aromatic rings. The average Bonchev–Trinajstić information content (AvgIpc) is 3.15. The first-order chi connectivity index (χ1) is 11.2. The molecule has 0 radical (unpaired) electrons. The van der Waals surface area contributed by atoms with E-state index in [0.717, 1.165) is 33.6 Å². The number of fused-ring (bicyclic) bond motifs is 3. The predicted octanol–water partition coefficient (Wildman–Crippen LogP) is 3.16. The molecule has 1 aromatic heterocycles. The van der Waals surface area contributed by atoms with Crippen molar-refractivity contribution in [3.8, 4) is 34.0 Å². The standard InChI is InChI=1S/C18H16N2O3/c1-22-13-8-7-10(9-14(13)23-2)16-15-17(20-19-16)11-5-3-4-6-12(11)18(15)21/h3-9,18,21H,1-2H3,(H,19,20). The molecule has 0 bridgehead atoms.